The number of hydrogen-bond acceptors (Lipinski definition) is 2. The number of rotatable bonds is 6. The molecule has 3 heteroatoms. The minimum atomic E-state index is 0.0420. The van der Waals surface area contributed by atoms with Crippen molar-refractivity contribution in [2.24, 2.45) is 5.92 Å². The molecule has 1 fully saturated rings. The lowest BCUT2D eigenvalue weighted by molar-refractivity contribution is -0.116. The Morgan fingerprint density at radius 1 is 1.10 bits per heavy atom. The van der Waals surface area contributed by atoms with E-state index >= 15 is 0 Å². The van der Waals surface area contributed by atoms with Crippen LogP contribution in [0.25, 0.3) is 0 Å². The van der Waals surface area contributed by atoms with Crippen molar-refractivity contribution in [2.75, 3.05) is 5.32 Å². The number of carbonyl (C=O) groups excluding carboxylic acids is 2. The van der Waals surface area contributed by atoms with Gasteiger partial charge in [0.2, 0.25) is 5.91 Å². The van der Waals surface area contributed by atoms with Gasteiger partial charge in [0.25, 0.3) is 0 Å². The molecule has 0 aromatic heterocycles. The predicted molar refractivity (Wildman–Crippen MR) is 85.5 cm³/mol. The van der Waals surface area contributed by atoms with E-state index in [4.69, 9.17) is 0 Å². The zero-order valence-corrected chi connectivity index (χ0v) is 12.9. The first-order valence-electron chi connectivity index (χ1n) is 8.06. The molecule has 1 amide bonds. The van der Waals surface area contributed by atoms with E-state index < -0.39 is 0 Å². The molecule has 0 unspecified atom stereocenters. The van der Waals surface area contributed by atoms with Crippen molar-refractivity contribution >= 4 is 17.4 Å². The average Bonchev–Trinajstić information content (AvgIpc) is 2.49. The number of anilines is 1. The van der Waals surface area contributed by atoms with Crippen LogP contribution in [-0.2, 0) is 4.79 Å². The van der Waals surface area contributed by atoms with Gasteiger partial charge in [0.1, 0.15) is 0 Å². The summed E-state index contributed by atoms with van der Waals surface area (Å²) in [5, 5.41) is 2.90. The van der Waals surface area contributed by atoms with Crippen LogP contribution in [0.4, 0.5) is 5.69 Å². The molecule has 0 heterocycles. The number of amides is 1. The molecule has 0 atom stereocenters. The van der Waals surface area contributed by atoms with Crippen molar-refractivity contribution in [3.8, 4) is 0 Å². The van der Waals surface area contributed by atoms with Gasteiger partial charge >= 0.3 is 0 Å². The van der Waals surface area contributed by atoms with Gasteiger partial charge in [-0.15, -0.1) is 0 Å². The topological polar surface area (TPSA) is 46.2 Å². The van der Waals surface area contributed by atoms with Gasteiger partial charge in [0, 0.05) is 17.7 Å². The van der Waals surface area contributed by atoms with Crippen LogP contribution in [0.3, 0.4) is 0 Å². The zero-order valence-electron chi connectivity index (χ0n) is 12.9. The number of ketones is 1. The summed E-state index contributed by atoms with van der Waals surface area (Å²) in [5.74, 6) is 0.947. The highest BCUT2D eigenvalue weighted by atomic mass is 16.1. The van der Waals surface area contributed by atoms with Crippen molar-refractivity contribution in [2.45, 2.75) is 58.3 Å². The first kappa shape index (κ1) is 15.7. The first-order chi connectivity index (χ1) is 10.1. The highest BCUT2D eigenvalue weighted by Crippen LogP contribution is 2.27. The number of nitrogens with one attached hydrogen (secondary N) is 1. The summed E-state index contributed by atoms with van der Waals surface area (Å²) in [6.45, 7) is 1.54. The summed E-state index contributed by atoms with van der Waals surface area (Å²) in [7, 11) is 0. The molecule has 0 radical (unpaired) electrons. The van der Waals surface area contributed by atoms with Gasteiger partial charge in [-0.3, -0.25) is 9.59 Å². The van der Waals surface area contributed by atoms with Gasteiger partial charge in [-0.05, 0) is 49.9 Å². The summed E-state index contributed by atoms with van der Waals surface area (Å²) in [6.07, 6.45) is 9.53. The average molecular weight is 287 g/mol. The maximum absolute atomic E-state index is 11.9. The van der Waals surface area contributed by atoms with E-state index in [0.717, 1.165) is 18.0 Å². The molecule has 1 aromatic rings. The van der Waals surface area contributed by atoms with E-state index in [-0.39, 0.29) is 11.7 Å². The largest absolute Gasteiger partial charge is 0.326 e. The maximum atomic E-state index is 11.9. The normalized spacial score (nSPS) is 15.7. The molecule has 1 aromatic carbocycles. The second-order valence-electron chi connectivity index (χ2n) is 6.08. The van der Waals surface area contributed by atoms with Crippen LogP contribution in [0.15, 0.2) is 24.3 Å². The van der Waals surface area contributed by atoms with Crippen molar-refractivity contribution in [3.05, 3.63) is 29.8 Å². The second-order valence-corrected chi connectivity index (χ2v) is 6.08. The summed E-state index contributed by atoms with van der Waals surface area (Å²) in [6, 6.07) is 7.07. The zero-order chi connectivity index (χ0) is 15.1. The van der Waals surface area contributed by atoms with Crippen LogP contribution in [0, 0.1) is 5.92 Å². The summed E-state index contributed by atoms with van der Waals surface area (Å²) >= 11 is 0. The number of benzene rings is 1. The lowest BCUT2D eigenvalue weighted by atomic mass is 9.86. The fraction of sp³-hybridized carbons (Fsp3) is 0.556. The molecule has 2 rings (SSSR count). The number of carbonyl (C=O) groups is 2. The van der Waals surface area contributed by atoms with Crippen molar-refractivity contribution in [1.29, 1.82) is 0 Å². The number of hydrogen-bond donors (Lipinski definition) is 1. The molecule has 1 saturated carbocycles. The Morgan fingerprint density at radius 2 is 1.76 bits per heavy atom. The molecule has 0 spiro atoms. The van der Waals surface area contributed by atoms with E-state index in [1.807, 2.05) is 0 Å². The number of Topliss-reactive ketones (excluding diaryl/α,β-unsaturated/α-hetero) is 1. The molecule has 0 saturated heterocycles. The first-order valence-corrected chi connectivity index (χ1v) is 8.06. The van der Waals surface area contributed by atoms with Gasteiger partial charge in [0.15, 0.2) is 5.78 Å². The Bertz CT molecular complexity index is 472. The van der Waals surface area contributed by atoms with Crippen LogP contribution in [0.2, 0.25) is 0 Å². The fourth-order valence-corrected chi connectivity index (χ4v) is 3.04. The SMILES string of the molecule is CC(=O)c1ccc(NC(=O)CCCC2CCCCC2)cc1. The molecular formula is C18H25NO2. The highest BCUT2D eigenvalue weighted by molar-refractivity contribution is 5.95. The van der Waals surface area contributed by atoms with Crippen LogP contribution in [-0.4, -0.2) is 11.7 Å². The summed E-state index contributed by atoms with van der Waals surface area (Å²) in [4.78, 5) is 23.1. The third-order valence-corrected chi connectivity index (χ3v) is 4.32. The third kappa shape index (κ3) is 5.33. The Kier molecular flexibility index (Phi) is 5.97. The van der Waals surface area contributed by atoms with E-state index in [1.165, 1.54) is 38.5 Å². The van der Waals surface area contributed by atoms with E-state index in [1.54, 1.807) is 31.2 Å². The lowest BCUT2D eigenvalue weighted by Gasteiger charge is -2.21. The minimum Gasteiger partial charge on any atom is -0.326 e. The van der Waals surface area contributed by atoms with Gasteiger partial charge in [-0.2, -0.15) is 0 Å². The Hall–Kier alpha value is -1.64. The predicted octanol–water partition coefficient (Wildman–Crippen LogP) is 4.58. The van der Waals surface area contributed by atoms with E-state index in [0.29, 0.717) is 12.0 Å². The molecule has 21 heavy (non-hydrogen) atoms. The molecule has 114 valence electrons. The Balaban J connectivity index is 1.70. The van der Waals surface area contributed by atoms with Gasteiger partial charge in [0.05, 0.1) is 0 Å². The van der Waals surface area contributed by atoms with Crippen LogP contribution < -0.4 is 5.32 Å². The molecule has 1 aliphatic carbocycles. The lowest BCUT2D eigenvalue weighted by Crippen LogP contribution is -2.13. The van der Waals surface area contributed by atoms with Gasteiger partial charge < -0.3 is 5.32 Å². The third-order valence-electron chi connectivity index (χ3n) is 4.32. The summed E-state index contributed by atoms with van der Waals surface area (Å²) < 4.78 is 0. The Morgan fingerprint density at radius 3 is 2.38 bits per heavy atom. The molecule has 0 aliphatic heterocycles. The van der Waals surface area contributed by atoms with Gasteiger partial charge in [-0.1, -0.05) is 32.1 Å². The second kappa shape index (κ2) is 7.96. The van der Waals surface area contributed by atoms with Crippen LogP contribution >= 0.6 is 0 Å². The minimum absolute atomic E-state index is 0.0420. The fourth-order valence-electron chi connectivity index (χ4n) is 3.04. The smallest absolute Gasteiger partial charge is 0.224 e. The van der Waals surface area contributed by atoms with Crippen molar-refractivity contribution in [1.82, 2.24) is 0 Å². The molecule has 3 nitrogen and oxygen atoms in total. The molecule has 1 aliphatic rings. The van der Waals surface area contributed by atoms with Crippen LogP contribution in [0.5, 0.6) is 0 Å². The highest BCUT2D eigenvalue weighted by Gasteiger charge is 2.13. The summed E-state index contributed by atoms with van der Waals surface area (Å²) in [5.41, 5.74) is 1.44. The van der Waals surface area contributed by atoms with E-state index in [9.17, 15) is 9.59 Å². The quantitative estimate of drug-likeness (QED) is 0.778. The van der Waals surface area contributed by atoms with Crippen LogP contribution in [0.1, 0.15) is 68.6 Å². The standard InChI is InChI=1S/C18H25NO2/c1-14(20)16-10-12-17(13-11-16)19-18(21)9-5-8-15-6-3-2-4-7-15/h10-13,15H,2-9H2,1H3,(H,19,21). The molecular weight excluding hydrogens is 262 g/mol. The maximum Gasteiger partial charge on any atom is 0.224 e. The van der Waals surface area contributed by atoms with Crippen molar-refractivity contribution < 1.29 is 9.59 Å². The Labute approximate surface area is 127 Å². The van der Waals surface area contributed by atoms with Gasteiger partial charge in [-0.25, -0.2) is 0 Å². The molecule has 1 N–H and O–H groups in total. The van der Waals surface area contributed by atoms with E-state index in [2.05, 4.69) is 5.32 Å². The van der Waals surface area contributed by atoms with Crippen molar-refractivity contribution in [3.63, 3.8) is 0 Å². The monoisotopic (exact) mass is 287 g/mol. The molecule has 0 bridgehead atoms.